The Kier molecular flexibility index (Phi) is 4.69. The van der Waals surface area contributed by atoms with Gasteiger partial charge in [0.15, 0.2) is 5.78 Å². The predicted octanol–water partition coefficient (Wildman–Crippen LogP) is 3.09. The molecular formula is C13H13F3O3. The number of hydrogen-bond donors (Lipinski definition) is 0. The first kappa shape index (κ1) is 15.2. The summed E-state index contributed by atoms with van der Waals surface area (Å²) in [5, 5.41) is 0. The van der Waals surface area contributed by atoms with Gasteiger partial charge >= 0.3 is 12.1 Å². The summed E-state index contributed by atoms with van der Waals surface area (Å²) in [5.41, 5.74) is -0.949. The highest BCUT2D eigenvalue weighted by atomic mass is 19.4. The molecule has 19 heavy (non-hydrogen) atoms. The number of halogens is 3. The fraction of sp³-hybridized carbons (Fsp3) is 0.385. The van der Waals surface area contributed by atoms with Crippen molar-refractivity contribution in [2.45, 2.75) is 19.5 Å². The Balaban J connectivity index is 2.86. The number of esters is 1. The maximum absolute atomic E-state index is 12.5. The summed E-state index contributed by atoms with van der Waals surface area (Å²) in [6.45, 7) is 1.48. The van der Waals surface area contributed by atoms with Crippen molar-refractivity contribution >= 4 is 11.8 Å². The summed E-state index contributed by atoms with van der Waals surface area (Å²) in [5.74, 6) is -1.78. The number of Topliss-reactive ketones (excluding diaryl/α,β-unsaturated/α-hetero) is 1. The second-order valence-electron chi connectivity index (χ2n) is 4.13. The third kappa shape index (κ3) is 4.08. The molecule has 0 aliphatic heterocycles. The van der Waals surface area contributed by atoms with Crippen LogP contribution in [0.25, 0.3) is 0 Å². The van der Waals surface area contributed by atoms with Gasteiger partial charge in [0.1, 0.15) is 0 Å². The van der Waals surface area contributed by atoms with E-state index in [-0.39, 0.29) is 12.0 Å². The van der Waals surface area contributed by atoms with Gasteiger partial charge in [0, 0.05) is 12.0 Å². The molecule has 3 nitrogen and oxygen atoms in total. The van der Waals surface area contributed by atoms with Gasteiger partial charge in [0.25, 0.3) is 0 Å². The number of ether oxygens (including phenoxy) is 1. The van der Waals surface area contributed by atoms with Crippen LogP contribution in [-0.4, -0.2) is 18.9 Å². The minimum Gasteiger partial charge on any atom is -0.469 e. The van der Waals surface area contributed by atoms with Gasteiger partial charge in [-0.05, 0) is 12.1 Å². The Bertz CT molecular complexity index is 480. The van der Waals surface area contributed by atoms with Crippen LogP contribution in [0.2, 0.25) is 0 Å². The van der Waals surface area contributed by atoms with Crippen molar-refractivity contribution in [1.82, 2.24) is 0 Å². The van der Waals surface area contributed by atoms with Gasteiger partial charge in [-0.25, -0.2) is 0 Å². The lowest BCUT2D eigenvalue weighted by Crippen LogP contribution is -2.17. The van der Waals surface area contributed by atoms with Gasteiger partial charge in [-0.2, -0.15) is 13.2 Å². The summed E-state index contributed by atoms with van der Waals surface area (Å²) >= 11 is 0. The van der Waals surface area contributed by atoms with Gasteiger partial charge < -0.3 is 4.74 Å². The number of methoxy groups -OCH3 is 1. The molecule has 1 aromatic rings. The van der Waals surface area contributed by atoms with E-state index >= 15 is 0 Å². The van der Waals surface area contributed by atoms with Crippen molar-refractivity contribution in [3.8, 4) is 0 Å². The molecule has 104 valence electrons. The Hall–Kier alpha value is -1.85. The van der Waals surface area contributed by atoms with Gasteiger partial charge in [-0.3, -0.25) is 9.59 Å². The van der Waals surface area contributed by atoms with E-state index in [1.807, 2.05) is 0 Å². The molecule has 0 spiro atoms. The summed E-state index contributed by atoms with van der Waals surface area (Å²) in [6.07, 6.45) is -4.68. The van der Waals surface area contributed by atoms with Crippen molar-refractivity contribution < 1.29 is 27.5 Å². The predicted molar refractivity (Wildman–Crippen MR) is 61.6 cm³/mol. The van der Waals surface area contributed by atoms with Crippen LogP contribution >= 0.6 is 0 Å². The van der Waals surface area contributed by atoms with Crippen LogP contribution in [0.3, 0.4) is 0 Å². The second-order valence-corrected chi connectivity index (χ2v) is 4.13. The van der Waals surface area contributed by atoms with Gasteiger partial charge in [-0.1, -0.05) is 19.1 Å². The number of alkyl halides is 3. The van der Waals surface area contributed by atoms with Crippen LogP contribution in [0.4, 0.5) is 13.2 Å². The maximum Gasteiger partial charge on any atom is 0.416 e. The zero-order valence-corrected chi connectivity index (χ0v) is 10.5. The molecule has 0 aliphatic rings. The lowest BCUT2D eigenvalue weighted by Gasteiger charge is -2.10. The Morgan fingerprint density at radius 2 is 1.95 bits per heavy atom. The highest BCUT2D eigenvalue weighted by molar-refractivity contribution is 5.98. The van der Waals surface area contributed by atoms with E-state index in [0.717, 1.165) is 12.1 Å². The Morgan fingerprint density at radius 3 is 2.47 bits per heavy atom. The highest BCUT2D eigenvalue weighted by Gasteiger charge is 2.31. The van der Waals surface area contributed by atoms with Crippen molar-refractivity contribution in [2.24, 2.45) is 5.92 Å². The van der Waals surface area contributed by atoms with Crippen LogP contribution in [-0.2, 0) is 15.7 Å². The molecule has 0 N–H and O–H groups in total. The van der Waals surface area contributed by atoms with Crippen molar-refractivity contribution in [2.75, 3.05) is 7.11 Å². The first-order valence-electron chi connectivity index (χ1n) is 5.54. The molecule has 1 rings (SSSR count). The molecule has 0 aromatic heterocycles. The third-order valence-corrected chi connectivity index (χ3v) is 2.61. The number of rotatable bonds is 4. The topological polar surface area (TPSA) is 43.4 Å². The molecule has 6 heteroatoms. The monoisotopic (exact) mass is 274 g/mol. The van der Waals surface area contributed by atoms with Crippen LogP contribution in [0, 0.1) is 5.92 Å². The fourth-order valence-electron chi connectivity index (χ4n) is 1.55. The van der Waals surface area contributed by atoms with Crippen LogP contribution in [0.1, 0.15) is 29.3 Å². The van der Waals surface area contributed by atoms with E-state index in [1.54, 1.807) is 0 Å². The molecule has 1 aromatic carbocycles. The van der Waals surface area contributed by atoms with Gasteiger partial charge in [0.05, 0.1) is 18.6 Å². The lowest BCUT2D eigenvalue weighted by molar-refractivity contribution is -0.144. The molecule has 0 amide bonds. The van der Waals surface area contributed by atoms with E-state index in [2.05, 4.69) is 4.74 Å². The standard InChI is InChI=1S/C13H13F3O3/c1-8(12(18)19-2)6-11(17)9-4-3-5-10(7-9)13(14,15)16/h3-5,7-8H,6H2,1-2H3. The van der Waals surface area contributed by atoms with Crippen molar-refractivity contribution in [3.05, 3.63) is 35.4 Å². The summed E-state index contributed by atoms with van der Waals surface area (Å²) < 4.78 is 41.9. The largest absolute Gasteiger partial charge is 0.469 e. The Morgan fingerprint density at radius 1 is 1.32 bits per heavy atom. The molecule has 0 aliphatic carbocycles. The molecule has 0 saturated carbocycles. The number of hydrogen-bond acceptors (Lipinski definition) is 3. The summed E-state index contributed by atoms with van der Waals surface area (Å²) in [4.78, 5) is 22.9. The first-order chi connectivity index (χ1) is 8.75. The van der Waals surface area contributed by atoms with E-state index in [4.69, 9.17) is 0 Å². The normalized spacial score (nSPS) is 12.9. The summed E-state index contributed by atoms with van der Waals surface area (Å²) in [7, 11) is 1.19. The molecule has 0 fully saturated rings. The van der Waals surface area contributed by atoms with E-state index in [1.165, 1.54) is 26.2 Å². The summed E-state index contributed by atoms with van der Waals surface area (Å²) in [6, 6.07) is 4.13. The molecule has 1 atom stereocenters. The number of ketones is 1. The molecule has 0 saturated heterocycles. The molecule has 0 radical (unpaired) electrons. The van der Waals surface area contributed by atoms with Crippen molar-refractivity contribution in [1.29, 1.82) is 0 Å². The number of carbonyl (C=O) groups is 2. The van der Waals surface area contributed by atoms with E-state index in [9.17, 15) is 22.8 Å². The minimum atomic E-state index is -4.50. The SMILES string of the molecule is COC(=O)C(C)CC(=O)c1cccc(C(F)(F)F)c1. The average molecular weight is 274 g/mol. The van der Waals surface area contributed by atoms with E-state index < -0.39 is 29.4 Å². The molecule has 0 bridgehead atoms. The molecule has 0 heterocycles. The molecule has 1 unspecified atom stereocenters. The fourth-order valence-corrected chi connectivity index (χ4v) is 1.55. The van der Waals surface area contributed by atoms with Gasteiger partial charge in [-0.15, -0.1) is 0 Å². The first-order valence-corrected chi connectivity index (χ1v) is 5.54. The highest BCUT2D eigenvalue weighted by Crippen LogP contribution is 2.29. The van der Waals surface area contributed by atoms with Crippen LogP contribution in [0.5, 0.6) is 0 Å². The average Bonchev–Trinajstić information content (AvgIpc) is 2.36. The molecular weight excluding hydrogens is 261 g/mol. The van der Waals surface area contributed by atoms with E-state index in [0.29, 0.717) is 0 Å². The second kappa shape index (κ2) is 5.86. The van der Waals surface area contributed by atoms with Gasteiger partial charge in [0.2, 0.25) is 0 Å². The zero-order valence-electron chi connectivity index (χ0n) is 10.5. The third-order valence-electron chi connectivity index (χ3n) is 2.61. The number of benzene rings is 1. The smallest absolute Gasteiger partial charge is 0.416 e. The quantitative estimate of drug-likeness (QED) is 0.626. The maximum atomic E-state index is 12.5. The number of carbonyl (C=O) groups excluding carboxylic acids is 2. The lowest BCUT2D eigenvalue weighted by atomic mass is 9.98. The zero-order chi connectivity index (χ0) is 14.6. The van der Waals surface area contributed by atoms with Crippen LogP contribution < -0.4 is 0 Å². The Labute approximate surface area is 108 Å². The van der Waals surface area contributed by atoms with Crippen molar-refractivity contribution in [3.63, 3.8) is 0 Å². The minimum absolute atomic E-state index is 0.0643. The van der Waals surface area contributed by atoms with Crippen LogP contribution in [0.15, 0.2) is 24.3 Å².